The minimum atomic E-state index is -0.278. The molecule has 114 valence electrons. The summed E-state index contributed by atoms with van der Waals surface area (Å²) >= 11 is 0. The van der Waals surface area contributed by atoms with Crippen LogP contribution >= 0.6 is 0 Å². The molecule has 3 nitrogen and oxygen atoms in total. The topological polar surface area (TPSA) is 32.7 Å². The molecule has 1 fully saturated rings. The zero-order chi connectivity index (χ0) is 15.2. The summed E-state index contributed by atoms with van der Waals surface area (Å²) < 4.78 is 0. The van der Waals surface area contributed by atoms with E-state index in [0.29, 0.717) is 5.92 Å². The summed E-state index contributed by atoms with van der Waals surface area (Å²) in [4.78, 5) is 13.2. The van der Waals surface area contributed by atoms with Crippen molar-refractivity contribution in [1.29, 1.82) is 0 Å². The van der Waals surface area contributed by atoms with Gasteiger partial charge in [-0.2, -0.15) is 5.10 Å². The van der Waals surface area contributed by atoms with Crippen LogP contribution in [0.25, 0.3) is 0 Å². The summed E-state index contributed by atoms with van der Waals surface area (Å²) in [6, 6.07) is 10.3. The molecule has 3 heteroatoms. The molecule has 22 heavy (non-hydrogen) atoms. The molecule has 2 bridgehead atoms. The first-order valence-electron chi connectivity index (χ1n) is 8.25. The predicted molar refractivity (Wildman–Crippen MR) is 87.3 cm³/mol. The number of fused-ring (bicyclic) bond motifs is 2. The summed E-state index contributed by atoms with van der Waals surface area (Å²) in [7, 11) is 0. The summed E-state index contributed by atoms with van der Waals surface area (Å²) in [6.07, 6.45) is 9.33. The molecule has 0 aromatic heterocycles. The van der Waals surface area contributed by atoms with Gasteiger partial charge >= 0.3 is 0 Å². The summed E-state index contributed by atoms with van der Waals surface area (Å²) in [5.74, 6) is 0.868. The lowest BCUT2D eigenvalue weighted by Crippen LogP contribution is -2.42. The van der Waals surface area contributed by atoms with Crippen molar-refractivity contribution in [2.24, 2.45) is 16.4 Å². The van der Waals surface area contributed by atoms with E-state index >= 15 is 0 Å². The summed E-state index contributed by atoms with van der Waals surface area (Å²) in [5, 5.41) is 6.17. The smallest absolute Gasteiger partial charge is 0.249 e. The Morgan fingerprint density at radius 3 is 2.86 bits per heavy atom. The largest absolute Gasteiger partial charge is 0.272 e. The van der Waals surface area contributed by atoms with Gasteiger partial charge in [-0.15, -0.1) is 0 Å². The van der Waals surface area contributed by atoms with Crippen LogP contribution in [0, 0.1) is 11.3 Å². The highest BCUT2D eigenvalue weighted by atomic mass is 16.2. The number of hydrogen-bond donors (Lipinski definition) is 0. The van der Waals surface area contributed by atoms with Crippen LogP contribution in [0.4, 0.5) is 0 Å². The fraction of sp³-hybridized carbons (Fsp3) is 0.474. The molecular weight excluding hydrogens is 272 g/mol. The van der Waals surface area contributed by atoms with Gasteiger partial charge < -0.3 is 0 Å². The Hall–Kier alpha value is -1.90. The molecule has 4 rings (SSSR count). The van der Waals surface area contributed by atoms with Crippen LogP contribution < -0.4 is 0 Å². The number of amides is 1. The molecule has 0 N–H and O–H groups in total. The monoisotopic (exact) mass is 294 g/mol. The van der Waals surface area contributed by atoms with Crippen molar-refractivity contribution in [1.82, 2.24) is 5.01 Å². The molecule has 1 saturated carbocycles. The Kier molecular flexibility index (Phi) is 3.17. The zero-order valence-corrected chi connectivity index (χ0v) is 13.0. The number of benzene rings is 1. The SMILES string of the molecule is CC1(C(=O)N2N=CCC2c2ccccc2)CC2=CCC(C2)C1. The first kappa shape index (κ1) is 13.7. The van der Waals surface area contributed by atoms with Gasteiger partial charge in [0, 0.05) is 12.6 Å². The lowest BCUT2D eigenvalue weighted by molar-refractivity contribution is -0.144. The van der Waals surface area contributed by atoms with Gasteiger partial charge in [0.2, 0.25) is 5.91 Å². The third-order valence-corrected chi connectivity index (χ3v) is 5.39. The highest BCUT2D eigenvalue weighted by molar-refractivity contribution is 5.85. The van der Waals surface area contributed by atoms with Gasteiger partial charge in [-0.1, -0.05) is 48.9 Å². The van der Waals surface area contributed by atoms with Gasteiger partial charge in [-0.25, -0.2) is 5.01 Å². The summed E-state index contributed by atoms with van der Waals surface area (Å²) in [5.41, 5.74) is 2.38. The fourth-order valence-electron chi connectivity index (χ4n) is 4.38. The van der Waals surface area contributed by atoms with E-state index in [2.05, 4.69) is 30.2 Å². The second kappa shape index (κ2) is 5.08. The van der Waals surface area contributed by atoms with Crippen LogP contribution in [0.5, 0.6) is 0 Å². The number of rotatable bonds is 2. The fourth-order valence-corrected chi connectivity index (χ4v) is 4.38. The van der Waals surface area contributed by atoms with Gasteiger partial charge in [-0.05, 0) is 37.2 Å². The van der Waals surface area contributed by atoms with Crippen LogP contribution in [0.1, 0.15) is 50.6 Å². The molecule has 1 amide bonds. The van der Waals surface area contributed by atoms with Crippen molar-refractivity contribution in [3.8, 4) is 0 Å². The maximum absolute atomic E-state index is 13.2. The van der Waals surface area contributed by atoms with Crippen molar-refractivity contribution >= 4 is 12.1 Å². The molecule has 0 spiro atoms. The van der Waals surface area contributed by atoms with Crippen molar-refractivity contribution in [3.63, 3.8) is 0 Å². The van der Waals surface area contributed by atoms with Crippen molar-refractivity contribution < 1.29 is 4.79 Å². The van der Waals surface area contributed by atoms with Gasteiger partial charge in [-0.3, -0.25) is 4.79 Å². The molecule has 1 aromatic rings. The molecule has 1 aromatic carbocycles. The van der Waals surface area contributed by atoms with E-state index in [0.717, 1.165) is 25.7 Å². The number of allylic oxidation sites excluding steroid dienone is 2. The Morgan fingerprint density at radius 2 is 2.09 bits per heavy atom. The second-order valence-electron chi connectivity index (χ2n) is 7.22. The molecular formula is C19H22N2O. The van der Waals surface area contributed by atoms with E-state index in [1.165, 1.54) is 17.6 Å². The highest BCUT2D eigenvalue weighted by Crippen LogP contribution is 2.49. The lowest BCUT2D eigenvalue weighted by Gasteiger charge is -2.38. The van der Waals surface area contributed by atoms with Gasteiger partial charge in [0.05, 0.1) is 11.5 Å². The van der Waals surface area contributed by atoms with Crippen LogP contribution in [-0.4, -0.2) is 17.1 Å². The van der Waals surface area contributed by atoms with Crippen LogP contribution in [0.15, 0.2) is 47.1 Å². The number of nitrogens with zero attached hydrogens (tertiary/aromatic N) is 2. The molecule has 2 aliphatic carbocycles. The lowest BCUT2D eigenvalue weighted by atomic mass is 9.70. The third kappa shape index (κ3) is 2.20. The molecule has 3 unspecified atom stereocenters. The average Bonchev–Trinajstić information content (AvgIpc) is 3.14. The third-order valence-electron chi connectivity index (χ3n) is 5.39. The van der Waals surface area contributed by atoms with E-state index in [9.17, 15) is 4.79 Å². The minimum Gasteiger partial charge on any atom is -0.272 e. The van der Waals surface area contributed by atoms with Gasteiger partial charge in [0.25, 0.3) is 0 Å². The first-order valence-corrected chi connectivity index (χ1v) is 8.25. The van der Waals surface area contributed by atoms with Crippen molar-refractivity contribution in [2.75, 3.05) is 0 Å². The van der Waals surface area contributed by atoms with E-state index in [1.54, 1.807) is 5.01 Å². The molecule has 0 saturated heterocycles. The number of carbonyl (C=O) groups excluding carboxylic acids is 1. The minimum absolute atomic E-state index is 0.0686. The first-order chi connectivity index (χ1) is 10.7. The Morgan fingerprint density at radius 1 is 1.27 bits per heavy atom. The maximum Gasteiger partial charge on any atom is 0.249 e. The van der Waals surface area contributed by atoms with E-state index in [4.69, 9.17) is 0 Å². The van der Waals surface area contributed by atoms with E-state index < -0.39 is 0 Å². The molecule has 0 radical (unpaired) electrons. The Bertz CT molecular complexity index is 649. The quantitative estimate of drug-likeness (QED) is 0.756. The Balaban J connectivity index is 1.59. The van der Waals surface area contributed by atoms with E-state index in [-0.39, 0.29) is 17.4 Å². The van der Waals surface area contributed by atoms with Crippen molar-refractivity contribution in [3.05, 3.63) is 47.5 Å². The van der Waals surface area contributed by atoms with Gasteiger partial charge in [0.15, 0.2) is 0 Å². The van der Waals surface area contributed by atoms with Crippen LogP contribution in [0.3, 0.4) is 0 Å². The Labute approximate surface area is 131 Å². The predicted octanol–water partition coefficient (Wildman–Crippen LogP) is 4.08. The maximum atomic E-state index is 13.2. The molecule has 3 aliphatic rings. The van der Waals surface area contributed by atoms with Gasteiger partial charge in [0.1, 0.15) is 0 Å². The number of hydrazone groups is 1. The van der Waals surface area contributed by atoms with Crippen LogP contribution in [0.2, 0.25) is 0 Å². The van der Waals surface area contributed by atoms with Crippen LogP contribution in [-0.2, 0) is 4.79 Å². The highest BCUT2D eigenvalue weighted by Gasteiger charge is 2.46. The molecule has 1 aliphatic heterocycles. The van der Waals surface area contributed by atoms with Crippen molar-refractivity contribution in [2.45, 2.75) is 45.1 Å². The average molecular weight is 294 g/mol. The van der Waals surface area contributed by atoms with E-state index in [1.807, 2.05) is 24.4 Å². The molecule has 1 heterocycles. The number of hydrogen-bond acceptors (Lipinski definition) is 2. The second-order valence-corrected chi connectivity index (χ2v) is 7.22. The summed E-state index contributed by atoms with van der Waals surface area (Å²) in [6.45, 7) is 2.14. The number of carbonyl (C=O) groups is 1. The molecule has 3 atom stereocenters. The standard InChI is InChI=1S/C19H22N2O/c1-19(12-14-7-8-15(11-14)13-19)18(22)21-17(9-10-20-21)16-5-3-2-4-6-16/h2-7,10,15,17H,8-9,11-13H2,1H3. The normalized spacial score (nSPS) is 33.1. The zero-order valence-electron chi connectivity index (χ0n) is 13.0.